The lowest BCUT2D eigenvalue weighted by molar-refractivity contribution is -0.137. The van der Waals surface area contributed by atoms with Gasteiger partial charge in [0, 0.05) is 29.9 Å². The standard InChI is InChI=1S/C27H23F2N3O3/c1-2-34-24-15-18(5-10-23(24)19-11-12-30-25(29)16-19)14-20-4-3-13-32-26(20)31-35-27(32,17-33)21-6-8-22(28)9-7-21/h2,5-12,14-16,33H,1,3-4,13,17H2. The molecule has 0 spiro atoms. The Bertz CT molecular complexity index is 1320. The number of benzene rings is 2. The van der Waals surface area contributed by atoms with E-state index >= 15 is 0 Å². The highest BCUT2D eigenvalue weighted by Gasteiger charge is 2.49. The highest BCUT2D eigenvalue weighted by Crippen LogP contribution is 2.40. The molecule has 1 N–H and O–H groups in total. The van der Waals surface area contributed by atoms with Crippen molar-refractivity contribution in [1.29, 1.82) is 0 Å². The number of hydrogen-bond acceptors (Lipinski definition) is 6. The highest BCUT2D eigenvalue weighted by atomic mass is 19.1. The number of aromatic nitrogens is 1. The van der Waals surface area contributed by atoms with Gasteiger partial charge >= 0.3 is 0 Å². The van der Waals surface area contributed by atoms with Crippen molar-refractivity contribution in [2.24, 2.45) is 5.16 Å². The summed E-state index contributed by atoms with van der Waals surface area (Å²) in [5.74, 6) is 0.207. The highest BCUT2D eigenvalue weighted by molar-refractivity contribution is 6.03. The number of halogens is 2. The fraction of sp³-hybridized carbons (Fsp3) is 0.185. The predicted molar refractivity (Wildman–Crippen MR) is 128 cm³/mol. The number of nitrogens with zero attached hydrogens (tertiary/aromatic N) is 3. The molecule has 8 heteroatoms. The van der Waals surface area contributed by atoms with Crippen molar-refractivity contribution >= 4 is 11.9 Å². The molecule has 1 aromatic heterocycles. The fourth-order valence-electron chi connectivity index (χ4n) is 4.53. The van der Waals surface area contributed by atoms with Crippen LogP contribution in [0.2, 0.25) is 0 Å². The van der Waals surface area contributed by atoms with Gasteiger partial charge in [0.1, 0.15) is 18.2 Å². The number of aliphatic hydroxyl groups is 1. The molecular formula is C27H23F2N3O3. The SMILES string of the molecule is C=COc1cc(C=C2CCCN3C2=NOC3(CO)c2ccc(F)cc2)ccc1-c1ccnc(F)c1. The van der Waals surface area contributed by atoms with Crippen molar-refractivity contribution < 1.29 is 23.5 Å². The lowest BCUT2D eigenvalue weighted by atomic mass is 9.94. The van der Waals surface area contributed by atoms with E-state index in [0.717, 1.165) is 24.0 Å². The number of hydrogen-bond donors (Lipinski definition) is 1. The van der Waals surface area contributed by atoms with Crippen molar-refractivity contribution in [1.82, 2.24) is 9.88 Å². The van der Waals surface area contributed by atoms with Crippen molar-refractivity contribution in [3.8, 4) is 16.9 Å². The molecule has 1 unspecified atom stereocenters. The Morgan fingerprint density at radius 3 is 2.71 bits per heavy atom. The van der Waals surface area contributed by atoms with E-state index in [2.05, 4.69) is 16.7 Å². The molecule has 3 heterocycles. The van der Waals surface area contributed by atoms with Crippen LogP contribution in [0.3, 0.4) is 0 Å². The van der Waals surface area contributed by atoms with Gasteiger partial charge in [0.05, 0.1) is 6.26 Å². The molecule has 178 valence electrons. The number of oxime groups is 1. The molecule has 0 bridgehead atoms. The molecule has 3 aromatic rings. The van der Waals surface area contributed by atoms with Crippen LogP contribution in [-0.2, 0) is 10.6 Å². The van der Waals surface area contributed by atoms with Crippen LogP contribution in [0, 0.1) is 11.8 Å². The van der Waals surface area contributed by atoms with Gasteiger partial charge in [0.25, 0.3) is 5.72 Å². The van der Waals surface area contributed by atoms with Gasteiger partial charge < -0.3 is 19.6 Å². The maximum absolute atomic E-state index is 13.7. The number of ether oxygens (including phenoxy) is 1. The Hall–Kier alpha value is -4.04. The first-order valence-corrected chi connectivity index (χ1v) is 11.2. The number of rotatable bonds is 6. The topological polar surface area (TPSA) is 67.2 Å². The minimum atomic E-state index is -1.20. The first-order valence-electron chi connectivity index (χ1n) is 11.2. The molecule has 6 nitrogen and oxygen atoms in total. The molecule has 1 atom stereocenters. The van der Waals surface area contributed by atoms with E-state index in [1.54, 1.807) is 18.2 Å². The van der Waals surface area contributed by atoms with E-state index in [0.29, 0.717) is 34.8 Å². The summed E-state index contributed by atoms with van der Waals surface area (Å²) in [5.41, 5.74) is 2.55. The van der Waals surface area contributed by atoms with Crippen LogP contribution in [0.15, 0.2) is 84.4 Å². The molecular weight excluding hydrogens is 452 g/mol. The lowest BCUT2D eigenvalue weighted by Crippen LogP contribution is -2.51. The number of piperidine rings is 1. The molecule has 35 heavy (non-hydrogen) atoms. The minimum Gasteiger partial charge on any atom is -0.465 e. The minimum absolute atomic E-state index is 0.340. The molecule has 2 aromatic carbocycles. The Morgan fingerprint density at radius 1 is 1.14 bits per heavy atom. The molecule has 2 aliphatic heterocycles. The summed E-state index contributed by atoms with van der Waals surface area (Å²) in [6, 6.07) is 14.5. The van der Waals surface area contributed by atoms with Crippen molar-refractivity contribution in [3.05, 3.63) is 102 Å². The van der Waals surface area contributed by atoms with Crippen LogP contribution in [0.5, 0.6) is 5.75 Å². The van der Waals surface area contributed by atoms with Crippen molar-refractivity contribution in [2.75, 3.05) is 13.2 Å². The van der Waals surface area contributed by atoms with Gasteiger partial charge in [-0.1, -0.05) is 23.9 Å². The number of fused-ring (bicyclic) bond motifs is 1. The zero-order chi connectivity index (χ0) is 24.4. The second kappa shape index (κ2) is 9.31. The van der Waals surface area contributed by atoms with E-state index < -0.39 is 11.7 Å². The van der Waals surface area contributed by atoms with Crippen LogP contribution in [0.25, 0.3) is 17.2 Å². The zero-order valence-corrected chi connectivity index (χ0v) is 18.8. The molecule has 1 saturated heterocycles. The van der Waals surface area contributed by atoms with E-state index in [1.165, 1.54) is 30.7 Å². The predicted octanol–water partition coefficient (Wildman–Crippen LogP) is 5.22. The maximum Gasteiger partial charge on any atom is 0.260 e. The van der Waals surface area contributed by atoms with Crippen LogP contribution < -0.4 is 4.74 Å². The average Bonchev–Trinajstić information content (AvgIpc) is 3.26. The number of aliphatic hydroxyl groups excluding tert-OH is 1. The second-order valence-corrected chi connectivity index (χ2v) is 8.29. The molecule has 1 fully saturated rings. The normalized spacial score (nSPS) is 20.3. The zero-order valence-electron chi connectivity index (χ0n) is 18.8. The summed E-state index contributed by atoms with van der Waals surface area (Å²) in [5, 5.41) is 14.6. The van der Waals surface area contributed by atoms with Gasteiger partial charge in [0.2, 0.25) is 5.95 Å². The smallest absolute Gasteiger partial charge is 0.260 e. The Morgan fingerprint density at radius 2 is 1.97 bits per heavy atom. The first-order chi connectivity index (χ1) is 17.0. The summed E-state index contributed by atoms with van der Waals surface area (Å²) < 4.78 is 32.8. The van der Waals surface area contributed by atoms with Crippen molar-refractivity contribution in [3.63, 3.8) is 0 Å². The molecule has 0 radical (unpaired) electrons. The third kappa shape index (κ3) is 4.17. The van der Waals surface area contributed by atoms with Crippen LogP contribution >= 0.6 is 0 Å². The first kappa shape index (κ1) is 22.7. The molecule has 0 amide bonds. The number of amidine groups is 1. The summed E-state index contributed by atoms with van der Waals surface area (Å²) in [7, 11) is 0. The Balaban J connectivity index is 1.49. The van der Waals surface area contributed by atoms with Gasteiger partial charge in [-0.05, 0) is 72.0 Å². The summed E-state index contributed by atoms with van der Waals surface area (Å²) >= 11 is 0. The molecule has 0 saturated carbocycles. The van der Waals surface area contributed by atoms with Crippen LogP contribution in [0.1, 0.15) is 24.0 Å². The largest absolute Gasteiger partial charge is 0.465 e. The average molecular weight is 475 g/mol. The molecule has 0 aliphatic carbocycles. The van der Waals surface area contributed by atoms with Gasteiger partial charge in [-0.25, -0.2) is 9.37 Å². The van der Waals surface area contributed by atoms with E-state index in [4.69, 9.17) is 9.57 Å². The van der Waals surface area contributed by atoms with Gasteiger partial charge in [0.15, 0.2) is 5.84 Å². The fourth-order valence-corrected chi connectivity index (χ4v) is 4.53. The monoisotopic (exact) mass is 475 g/mol. The maximum atomic E-state index is 13.7. The van der Waals surface area contributed by atoms with E-state index in [9.17, 15) is 13.9 Å². The second-order valence-electron chi connectivity index (χ2n) is 8.29. The van der Waals surface area contributed by atoms with Crippen LogP contribution in [-0.4, -0.2) is 34.0 Å². The molecule has 5 rings (SSSR count). The van der Waals surface area contributed by atoms with Crippen molar-refractivity contribution in [2.45, 2.75) is 18.6 Å². The third-order valence-corrected chi connectivity index (χ3v) is 6.19. The Labute approximate surface area is 201 Å². The quantitative estimate of drug-likeness (QED) is 0.391. The summed E-state index contributed by atoms with van der Waals surface area (Å²) in [4.78, 5) is 11.3. The summed E-state index contributed by atoms with van der Waals surface area (Å²) in [6.45, 7) is 3.93. The van der Waals surface area contributed by atoms with E-state index in [1.807, 2.05) is 29.2 Å². The van der Waals surface area contributed by atoms with E-state index in [-0.39, 0.29) is 12.4 Å². The van der Waals surface area contributed by atoms with Gasteiger partial charge in [-0.15, -0.1) is 0 Å². The van der Waals surface area contributed by atoms with Gasteiger partial charge in [-0.3, -0.25) is 0 Å². The Kier molecular flexibility index (Phi) is 6.05. The molecule has 2 aliphatic rings. The lowest BCUT2D eigenvalue weighted by Gasteiger charge is -2.38. The van der Waals surface area contributed by atoms with Crippen LogP contribution in [0.4, 0.5) is 8.78 Å². The number of pyridine rings is 1. The summed E-state index contributed by atoms with van der Waals surface area (Å²) in [6.07, 6.45) is 6.30. The van der Waals surface area contributed by atoms with Gasteiger partial charge in [-0.2, -0.15) is 4.39 Å². The third-order valence-electron chi connectivity index (χ3n) is 6.19.